The maximum Gasteiger partial charge on any atom is 0.318 e. The van der Waals surface area contributed by atoms with E-state index in [9.17, 15) is 19.2 Å². The summed E-state index contributed by atoms with van der Waals surface area (Å²) in [7, 11) is 0. The topological polar surface area (TPSA) is 142 Å². The predicted octanol–water partition coefficient (Wildman–Crippen LogP) is -1.76. The highest BCUT2D eigenvalue weighted by molar-refractivity contribution is 5.91. The molecule has 9 nitrogen and oxygen atoms in total. The number of carbonyl (C=O) groups is 4. The number of amides is 4. The quantitative estimate of drug-likeness (QED) is 0.473. The second-order valence-corrected chi connectivity index (χ2v) is 4.62. The number of hydrogen-bond donors (Lipinski definition) is 4. The Labute approximate surface area is 115 Å². The molecular formula is C11H18N4O5. The van der Waals surface area contributed by atoms with Gasteiger partial charge in [-0.05, 0) is 6.92 Å². The van der Waals surface area contributed by atoms with Gasteiger partial charge in [0.1, 0.15) is 6.04 Å². The molecule has 20 heavy (non-hydrogen) atoms. The third kappa shape index (κ3) is 4.41. The lowest BCUT2D eigenvalue weighted by Gasteiger charge is -2.34. The number of rotatable bonds is 5. The molecule has 0 aliphatic carbocycles. The van der Waals surface area contributed by atoms with E-state index >= 15 is 0 Å². The number of aliphatic carboxylic acids is 1. The first-order valence-corrected chi connectivity index (χ1v) is 6.16. The van der Waals surface area contributed by atoms with Gasteiger partial charge in [-0.1, -0.05) is 0 Å². The molecule has 1 rings (SSSR count). The summed E-state index contributed by atoms with van der Waals surface area (Å²) >= 11 is 0. The van der Waals surface area contributed by atoms with Gasteiger partial charge in [-0.2, -0.15) is 0 Å². The molecule has 1 aliphatic heterocycles. The minimum atomic E-state index is -1.17. The summed E-state index contributed by atoms with van der Waals surface area (Å²) in [6, 6.07) is -2.13. The summed E-state index contributed by atoms with van der Waals surface area (Å²) < 4.78 is 0. The highest BCUT2D eigenvalue weighted by atomic mass is 16.4. The van der Waals surface area contributed by atoms with Crippen molar-refractivity contribution in [1.82, 2.24) is 15.5 Å². The van der Waals surface area contributed by atoms with Crippen molar-refractivity contribution in [1.29, 1.82) is 0 Å². The first-order valence-electron chi connectivity index (χ1n) is 6.16. The van der Waals surface area contributed by atoms with E-state index in [2.05, 4.69) is 10.6 Å². The van der Waals surface area contributed by atoms with Crippen molar-refractivity contribution in [3.05, 3.63) is 0 Å². The minimum Gasteiger partial charge on any atom is -0.481 e. The third-order valence-electron chi connectivity index (χ3n) is 2.84. The maximum absolute atomic E-state index is 12.0. The van der Waals surface area contributed by atoms with Gasteiger partial charge in [0.25, 0.3) is 0 Å². The van der Waals surface area contributed by atoms with Crippen molar-refractivity contribution in [2.75, 3.05) is 13.1 Å². The number of urea groups is 1. The summed E-state index contributed by atoms with van der Waals surface area (Å²) in [4.78, 5) is 46.3. The SMILES string of the molecule is CC(CC(N)=O)NC(=O)N1CCNC(=O)C1CC(=O)O. The molecule has 2 atom stereocenters. The van der Waals surface area contributed by atoms with Crippen molar-refractivity contribution >= 4 is 23.8 Å². The monoisotopic (exact) mass is 286 g/mol. The fraction of sp³-hybridized carbons (Fsp3) is 0.636. The zero-order valence-corrected chi connectivity index (χ0v) is 11.1. The summed E-state index contributed by atoms with van der Waals surface area (Å²) in [6.07, 6.45) is -0.501. The summed E-state index contributed by atoms with van der Waals surface area (Å²) in [5, 5.41) is 13.8. The molecule has 9 heteroatoms. The molecule has 0 aromatic heterocycles. The Kier molecular flexibility index (Phi) is 5.30. The first-order chi connectivity index (χ1) is 9.31. The van der Waals surface area contributed by atoms with Crippen LogP contribution in [0.2, 0.25) is 0 Å². The molecule has 1 saturated heterocycles. The van der Waals surface area contributed by atoms with Crippen LogP contribution in [0, 0.1) is 0 Å². The van der Waals surface area contributed by atoms with Gasteiger partial charge < -0.3 is 26.4 Å². The number of carbonyl (C=O) groups excluding carboxylic acids is 3. The van der Waals surface area contributed by atoms with Crippen molar-refractivity contribution < 1.29 is 24.3 Å². The zero-order chi connectivity index (χ0) is 15.3. The fourth-order valence-corrected chi connectivity index (χ4v) is 1.97. The Bertz CT molecular complexity index is 425. The molecule has 5 N–H and O–H groups in total. The van der Waals surface area contributed by atoms with Crippen LogP contribution in [0.25, 0.3) is 0 Å². The van der Waals surface area contributed by atoms with E-state index in [-0.39, 0.29) is 19.5 Å². The van der Waals surface area contributed by atoms with Crippen LogP contribution in [-0.4, -0.2) is 59.0 Å². The number of piperazine rings is 1. The second kappa shape index (κ2) is 6.73. The Morgan fingerprint density at radius 3 is 2.75 bits per heavy atom. The molecule has 0 radical (unpaired) electrons. The van der Waals surface area contributed by atoms with E-state index in [0.29, 0.717) is 0 Å². The molecule has 0 bridgehead atoms. The van der Waals surface area contributed by atoms with Crippen LogP contribution in [0.5, 0.6) is 0 Å². The number of hydrogen-bond acceptors (Lipinski definition) is 4. The lowest BCUT2D eigenvalue weighted by molar-refractivity contribution is -0.142. The number of nitrogens with zero attached hydrogens (tertiary/aromatic N) is 1. The number of carboxylic acids is 1. The van der Waals surface area contributed by atoms with E-state index in [0.717, 1.165) is 4.90 Å². The number of primary amides is 1. The van der Waals surface area contributed by atoms with Gasteiger partial charge in [-0.25, -0.2) is 4.79 Å². The molecule has 1 heterocycles. The highest BCUT2D eigenvalue weighted by Crippen LogP contribution is 2.09. The number of nitrogens with two attached hydrogens (primary N) is 1. The Morgan fingerprint density at radius 1 is 1.55 bits per heavy atom. The minimum absolute atomic E-state index is 0.0324. The van der Waals surface area contributed by atoms with Crippen molar-refractivity contribution in [3.8, 4) is 0 Å². The van der Waals surface area contributed by atoms with Crippen LogP contribution in [0.1, 0.15) is 19.8 Å². The molecule has 4 amide bonds. The fourth-order valence-electron chi connectivity index (χ4n) is 1.97. The van der Waals surface area contributed by atoms with Gasteiger partial charge >= 0.3 is 12.0 Å². The molecule has 0 spiro atoms. The molecule has 0 aromatic rings. The van der Waals surface area contributed by atoms with Crippen LogP contribution < -0.4 is 16.4 Å². The lowest BCUT2D eigenvalue weighted by atomic mass is 10.1. The predicted molar refractivity (Wildman–Crippen MR) is 67.6 cm³/mol. The summed E-state index contributed by atoms with van der Waals surface area (Å²) in [5.41, 5.74) is 5.02. The summed E-state index contributed by atoms with van der Waals surface area (Å²) in [6.45, 7) is 2.06. The van der Waals surface area contributed by atoms with Crippen LogP contribution in [0.4, 0.5) is 4.79 Å². The first kappa shape index (κ1) is 15.7. The maximum atomic E-state index is 12.0. The highest BCUT2D eigenvalue weighted by Gasteiger charge is 2.35. The molecular weight excluding hydrogens is 268 g/mol. The molecule has 0 saturated carbocycles. The standard InChI is InChI=1S/C11H18N4O5/c1-6(4-8(12)16)14-11(20)15-3-2-13-10(19)7(15)5-9(17)18/h6-7H,2-5H2,1H3,(H2,12,16)(H,13,19)(H,14,20)(H,17,18). The van der Waals surface area contributed by atoms with Crippen LogP contribution in [-0.2, 0) is 14.4 Å². The molecule has 1 fully saturated rings. The Balaban J connectivity index is 2.69. The van der Waals surface area contributed by atoms with Gasteiger partial charge in [0.15, 0.2) is 0 Å². The van der Waals surface area contributed by atoms with Crippen molar-refractivity contribution in [3.63, 3.8) is 0 Å². The lowest BCUT2D eigenvalue weighted by Crippen LogP contribution is -2.60. The van der Waals surface area contributed by atoms with Crippen LogP contribution in [0.3, 0.4) is 0 Å². The Morgan fingerprint density at radius 2 is 2.20 bits per heavy atom. The molecule has 1 aliphatic rings. The molecule has 0 aromatic carbocycles. The Hall–Kier alpha value is -2.32. The van der Waals surface area contributed by atoms with E-state index in [1.54, 1.807) is 6.92 Å². The molecule has 112 valence electrons. The van der Waals surface area contributed by atoms with Gasteiger partial charge in [0.05, 0.1) is 6.42 Å². The van der Waals surface area contributed by atoms with Crippen molar-refractivity contribution in [2.45, 2.75) is 31.8 Å². The second-order valence-electron chi connectivity index (χ2n) is 4.62. The van der Waals surface area contributed by atoms with E-state index in [1.165, 1.54) is 0 Å². The normalized spacial score (nSPS) is 19.9. The van der Waals surface area contributed by atoms with Gasteiger partial charge in [0.2, 0.25) is 11.8 Å². The molecule has 2 unspecified atom stereocenters. The average molecular weight is 286 g/mol. The van der Waals surface area contributed by atoms with E-state index in [4.69, 9.17) is 10.8 Å². The van der Waals surface area contributed by atoms with Crippen LogP contribution in [0.15, 0.2) is 0 Å². The summed E-state index contributed by atoms with van der Waals surface area (Å²) in [5.74, 6) is -2.23. The zero-order valence-electron chi connectivity index (χ0n) is 11.1. The largest absolute Gasteiger partial charge is 0.481 e. The van der Waals surface area contributed by atoms with Gasteiger partial charge in [-0.15, -0.1) is 0 Å². The van der Waals surface area contributed by atoms with E-state index < -0.39 is 42.3 Å². The average Bonchev–Trinajstić information content (AvgIpc) is 2.29. The van der Waals surface area contributed by atoms with E-state index in [1.807, 2.05) is 0 Å². The van der Waals surface area contributed by atoms with Crippen LogP contribution >= 0.6 is 0 Å². The smallest absolute Gasteiger partial charge is 0.318 e. The van der Waals surface area contributed by atoms with Gasteiger partial charge in [-0.3, -0.25) is 14.4 Å². The third-order valence-corrected chi connectivity index (χ3v) is 2.84. The number of nitrogens with one attached hydrogen (secondary N) is 2. The number of carboxylic acid groups (broad SMARTS) is 1. The van der Waals surface area contributed by atoms with Gasteiger partial charge in [0, 0.05) is 25.6 Å². The van der Waals surface area contributed by atoms with Crippen molar-refractivity contribution in [2.24, 2.45) is 5.73 Å².